The summed E-state index contributed by atoms with van der Waals surface area (Å²) in [6.07, 6.45) is 1.97. The topological polar surface area (TPSA) is 58.1 Å². The third-order valence-electron chi connectivity index (χ3n) is 4.34. The average Bonchev–Trinajstić information content (AvgIpc) is 2.61. The number of benzene rings is 1. The van der Waals surface area contributed by atoms with Crippen molar-refractivity contribution in [1.82, 2.24) is 15.5 Å². The lowest BCUT2D eigenvalue weighted by molar-refractivity contribution is 0.0946. The molecule has 0 radical (unpaired) electrons. The summed E-state index contributed by atoms with van der Waals surface area (Å²) < 4.78 is 0. The molecule has 126 valence electrons. The third kappa shape index (κ3) is 3.91. The zero-order valence-corrected chi connectivity index (χ0v) is 14.3. The highest BCUT2D eigenvalue weighted by Crippen LogP contribution is 2.22. The SMILES string of the molecule is CC(C)CCNC(=O)c1ccc(N2CCc3ccccc3C2)nn1. The highest BCUT2D eigenvalue weighted by Gasteiger charge is 2.18. The van der Waals surface area contributed by atoms with Gasteiger partial charge in [-0.25, -0.2) is 0 Å². The summed E-state index contributed by atoms with van der Waals surface area (Å²) in [6, 6.07) is 12.1. The van der Waals surface area contributed by atoms with Crippen LogP contribution in [0.4, 0.5) is 5.82 Å². The van der Waals surface area contributed by atoms with E-state index < -0.39 is 0 Å². The molecule has 5 nitrogen and oxygen atoms in total. The molecule has 2 aromatic rings. The van der Waals surface area contributed by atoms with Gasteiger partial charge in [0, 0.05) is 19.6 Å². The van der Waals surface area contributed by atoms with Crippen molar-refractivity contribution in [3.8, 4) is 0 Å². The summed E-state index contributed by atoms with van der Waals surface area (Å²) in [7, 11) is 0. The second-order valence-electron chi connectivity index (χ2n) is 6.66. The van der Waals surface area contributed by atoms with Crippen LogP contribution in [-0.2, 0) is 13.0 Å². The number of fused-ring (bicyclic) bond motifs is 1. The van der Waals surface area contributed by atoms with Gasteiger partial charge in [-0.1, -0.05) is 38.1 Å². The largest absolute Gasteiger partial charge is 0.351 e. The Morgan fingerprint density at radius 3 is 2.67 bits per heavy atom. The first kappa shape index (κ1) is 16.4. The lowest BCUT2D eigenvalue weighted by Crippen LogP contribution is -2.31. The number of carbonyl (C=O) groups excluding carboxylic acids is 1. The van der Waals surface area contributed by atoms with E-state index in [2.05, 4.69) is 58.5 Å². The molecular formula is C19H24N4O. The second kappa shape index (κ2) is 7.43. The molecule has 1 aliphatic rings. The van der Waals surface area contributed by atoms with Crippen molar-refractivity contribution in [2.45, 2.75) is 33.2 Å². The van der Waals surface area contributed by atoms with Gasteiger partial charge in [0.1, 0.15) is 0 Å². The normalized spacial score (nSPS) is 13.7. The van der Waals surface area contributed by atoms with Gasteiger partial charge in [-0.05, 0) is 42.0 Å². The van der Waals surface area contributed by atoms with E-state index in [4.69, 9.17) is 0 Å². The molecule has 0 fully saturated rings. The molecule has 3 rings (SSSR count). The summed E-state index contributed by atoms with van der Waals surface area (Å²) >= 11 is 0. The number of anilines is 1. The highest BCUT2D eigenvalue weighted by atomic mass is 16.1. The van der Waals surface area contributed by atoms with E-state index in [0.29, 0.717) is 18.2 Å². The van der Waals surface area contributed by atoms with E-state index >= 15 is 0 Å². The zero-order valence-electron chi connectivity index (χ0n) is 14.3. The van der Waals surface area contributed by atoms with Crippen LogP contribution < -0.4 is 10.2 Å². The quantitative estimate of drug-likeness (QED) is 0.919. The molecule has 0 saturated carbocycles. The van der Waals surface area contributed by atoms with Crippen LogP contribution in [0.5, 0.6) is 0 Å². The van der Waals surface area contributed by atoms with Gasteiger partial charge in [0.2, 0.25) is 0 Å². The van der Waals surface area contributed by atoms with E-state index in [1.54, 1.807) is 6.07 Å². The summed E-state index contributed by atoms with van der Waals surface area (Å²) in [6.45, 7) is 6.70. The molecule has 1 amide bonds. The number of aromatic nitrogens is 2. The van der Waals surface area contributed by atoms with Crippen LogP contribution in [0.1, 0.15) is 41.9 Å². The molecule has 24 heavy (non-hydrogen) atoms. The van der Waals surface area contributed by atoms with E-state index in [9.17, 15) is 4.79 Å². The third-order valence-corrected chi connectivity index (χ3v) is 4.34. The monoisotopic (exact) mass is 324 g/mol. The van der Waals surface area contributed by atoms with E-state index in [-0.39, 0.29) is 5.91 Å². The first-order valence-electron chi connectivity index (χ1n) is 8.57. The van der Waals surface area contributed by atoms with Crippen molar-refractivity contribution in [1.29, 1.82) is 0 Å². The lowest BCUT2D eigenvalue weighted by atomic mass is 10.00. The van der Waals surface area contributed by atoms with Gasteiger partial charge in [-0.3, -0.25) is 4.79 Å². The predicted molar refractivity (Wildman–Crippen MR) is 95.0 cm³/mol. The van der Waals surface area contributed by atoms with Gasteiger partial charge in [0.25, 0.3) is 5.91 Å². The Morgan fingerprint density at radius 2 is 1.96 bits per heavy atom. The number of rotatable bonds is 5. The van der Waals surface area contributed by atoms with E-state index in [1.807, 2.05) is 6.07 Å². The fourth-order valence-corrected chi connectivity index (χ4v) is 2.87. The molecule has 0 unspecified atom stereocenters. The van der Waals surface area contributed by atoms with Crippen molar-refractivity contribution in [2.24, 2.45) is 5.92 Å². The molecule has 1 aromatic carbocycles. The number of amides is 1. The fourth-order valence-electron chi connectivity index (χ4n) is 2.87. The lowest BCUT2D eigenvalue weighted by Gasteiger charge is -2.29. The predicted octanol–water partition coefficient (Wildman–Crippen LogP) is 2.82. The van der Waals surface area contributed by atoms with Gasteiger partial charge in [-0.15, -0.1) is 10.2 Å². The Kier molecular flexibility index (Phi) is 5.08. The average molecular weight is 324 g/mol. The van der Waals surface area contributed by atoms with Crippen molar-refractivity contribution in [3.63, 3.8) is 0 Å². The minimum absolute atomic E-state index is 0.154. The molecule has 0 saturated heterocycles. The van der Waals surface area contributed by atoms with Gasteiger partial charge >= 0.3 is 0 Å². The molecule has 2 heterocycles. The maximum Gasteiger partial charge on any atom is 0.271 e. The molecular weight excluding hydrogens is 300 g/mol. The van der Waals surface area contributed by atoms with Crippen molar-refractivity contribution >= 4 is 11.7 Å². The highest BCUT2D eigenvalue weighted by molar-refractivity contribution is 5.92. The molecule has 0 bridgehead atoms. The molecule has 1 N–H and O–H groups in total. The van der Waals surface area contributed by atoms with E-state index in [1.165, 1.54) is 11.1 Å². The van der Waals surface area contributed by atoms with Crippen molar-refractivity contribution in [2.75, 3.05) is 18.0 Å². The zero-order chi connectivity index (χ0) is 16.9. The molecule has 0 spiro atoms. The van der Waals surface area contributed by atoms with Crippen molar-refractivity contribution < 1.29 is 4.79 Å². The van der Waals surface area contributed by atoms with E-state index in [0.717, 1.165) is 31.7 Å². The van der Waals surface area contributed by atoms with Gasteiger partial charge in [-0.2, -0.15) is 0 Å². The second-order valence-corrected chi connectivity index (χ2v) is 6.66. The van der Waals surface area contributed by atoms with Crippen LogP contribution in [-0.4, -0.2) is 29.2 Å². The molecule has 1 aliphatic heterocycles. The summed E-state index contributed by atoms with van der Waals surface area (Å²) in [5, 5.41) is 11.2. The molecule has 1 aromatic heterocycles. The van der Waals surface area contributed by atoms with Crippen LogP contribution in [0, 0.1) is 5.92 Å². The van der Waals surface area contributed by atoms with Crippen LogP contribution in [0.25, 0.3) is 0 Å². The van der Waals surface area contributed by atoms with Gasteiger partial charge < -0.3 is 10.2 Å². The summed E-state index contributed by atoms with van der Waals surface area (Å²) in [5.74, 6) is 1.24. The molecule has 5 heteroatoms. The van der Waals surface area contributed by atoms with Crippen LogP contribution in [0.3, 0.4) is 0 Å². The Balaban J connectivity index is 1.62. The first-order chi connectivity index (χ1) is 11.6. The van der Waals surface area contributed by atoms with Gasteiger partial charge in [0.05, 0.1) is 0 Å². The number of nitrogens with zero attached hydrogens (tertiary/aromatic N) is 3. The van der Waals surface area contributed by atoms with Crippen molar-refractivity contribution in [3.05, 3.63) is 53.2 Å². The Hall–Kier alpha value is -2.43. The van der Waals surface area contributed by atoms with Gasteiger partial charge in [0.15, 0.2) is 11.5 Å². The number of nitrogens with one attached hydrogen (secondary N) is 1. The maximum absolute atomic E-state index is 12.1. The molecule has 0 aliphatic carbocycles. The van der Waals surface area contributed by atoms with Crippen LogP contribution in [0.2, 0.25) is 0 Å². The van der Waals surface area contributed by atoms with Crippen LogP contribution in [0.15, 0.2) is 36.4 Å². The minimum Gasteiger partial charge on any atom is -0.351 e. The summed E-state index contributed by atoms with van der Waals surface area (Å²) in [4.78, 5) is 14.3. The standard InChI is InChI=1S/C19H24N4O/c1-14(2)9-11-20-19(24)17-7-8-18(22-21-17)23-12-10-15-5-3-4-6-16(15)13-23/h3-8,14H,9-13H2,1-2H3,(H,20,24). The summed E-state index contributed by atoms with van der Waals surface area (Å²) in [5.41, 5.74) is 3.11. The number of carbonyl (C=O) groups is 1. The maximum atomic E-state index is 12.1. The van der Waals surface area contributed by atoms with Crippen LogP contribution >= 0.6 is 0 Å². The Morgan fingerprint density at radius 1 is 1.17 bits per heavy atom. The molecule has 0 atom stereocenters. The Bertz CT molecular complexity index is 697. The smallest absolute Gasteiger partial charge is 0.271 e. The first-order valence-corrected chi connectivity index (χ1v) is 8.57. The number of hydrogen-bond acceptors (Lipinski definition) is 4. The fraction of sp³-hybridized carbons (Fsp3) is 0.421. The number of hydrogen-bond donors (Lipinski definition) is 1. The Labute approximate surface area is 143 Å². The minimum atomic E-state index is -0.154.